The molecule has 0 spiro atoms. The van der Waals surface area contributed by atoms with Gasteiger partial charge in [0.1, 0.15) is 0 Å². The molecular weight excluding hydrogens is 252 g/mol. The molecule has 0 fully saturated rings. The maximum Gasteiger partial charge on any atom is 0.331 e. The largest absolute Gasteiger partial charge is 0.494 e. The van der Waals surface area contributed by atoms with Crippen molar-refractivity contribution in [1.82, 2.24) is 9.55 Å². The Labute approximate surface area is 107 Å². The minimum Gasteiger partial charge on any atom is -0.494 e. The van der Waals surface area contributed by atoms with Crippen LogP contribution in [0.3, 0.4) is 0 Å². The van der Waals surface area contributed by atoms with Gasteiger partial charge in [-0.2, -0.15) is 11.3 Å². The van der Waals surface area contributed by atoms with Gasteiger partial charge in [-0.05, 0) is 35.2 Å². The van der Waals surface area contributed by atoms with Crippen LogP contribution in [0.5, 0.6) is 5.88 Å². The Morgan fingerprint density at radius 1 is 1.39 bits per heavy atom. The Kier molecular flexibility index (Phi) is 3.38. The highest BCUT2D eigenvalue weighted by atomic mass is 32.1. The monoisotopic (exact) mass is 266 g/mol. The van der Waals surface area contributed by atoms with Crippen molar-refractivity contribution in [3.05, 3.63) is 48.3 Å². The first-order chi connectivity index (χ1) is 8.54. The molecule has 0 aliphatic carbocycles. The summed E-state index contributed by atoms with van der Waals surface area (Å²) in [6.45, 7) is 3.97. The summed E-state index contributed by atoms with van der Waals surface area (Å²) >= 11 is 1.54. The lowest BCUT2D eigenvalue weighted by atomic mass is 10.2. The lowest BCUT2D eigenvalue weighted by molar-refractivity contribution is 0.402. The molecule has 0 radical (unpaired) electrons. The molecule has 6 heteroatoms. The van der Waals surface area contributed by atoms with Crippen LogP contribution in [0.1, 0.15) is 23.6 Å². The van der Waals surface area contributed by atoms with Crippen molar-refractivity contribution in [3.8, 4) is 5.88 Å². The van der Waals surface area contributed by atoms with Crippen LogP contribution in [-0.4, -0.2) is 14.7 Å². The first-order valence-corrected chi connectivity index (χ1v) is 6.55. The van der Waals surface area contributed by atoms with Crippen molar-refractivity contribution in [3.63, 3.8) is 0 Å². The number of hydrogen-bond acceptors (Lipinski definition) is 4. The fourth-order valence-electron chi connectivity index (χ4n) is 1.79. The van der Waals surface area contributed by atoms with Crippen LogP contribution < -0.4 is 11.2 Å². The average Bonchev–Trinajstić information content (AvgIpc) is 2.70. The minimum atomic E-state index is -0.583. The third-order valence-corrected chi connectivity index (χ3v) is 3.82. The molecule has 0 amide bonds. The second kappa shape index (κ2) is 4.81. The first-order valence-electron chi connectivity index (χ1n) is 5.61. The highest BCUT2D eigenvalue weighted by Crippen LogP contribution is 2.17. The van der Waals surface area contributed by atoms with Gasteiger partial charge < -0.3 is 5.11 Å². The summed E-state index contributed by atoms with van der Waals surface area (Å²) in [5.74, 6) is -0.239. The van der Waals surface area contributed by atoms with Crippen molar-refractivity contribution >= 4 is 11.3 Å². The maximum atomic E-state index is 11.7. The van der Waals surface area contributed by atoms with E-state index in [1.807, 2.05) is 17.7 Å². The third kappa shape index (κ3) is 2.11. The maximum absolute atomic E-state index is 11.7. The van der Waals surface area contributed by atoms with E-state index in [2.05, 4.69) is 4.98 Å². The SMILES string of the molecule is CCc1c(O)n(Cc2cscc2C)c(=O)[nH]c1=O. The van der Waals surface area contributed by atoms with Gasteiger partial charge >= 0.3 is 5.69 Å². The van der Waals surface area contributed by atoms with E-state index in [-0.39, 0.29) is 18.0 Å². The van der Waals surface area contributed by atoms with E-state index in [4.69, 9.17) is 0 Å². The highest BCUT2D eigenvalue weighted by molar-refractivity contribution is 7.08. The number of aromatic amines is 1. The molecule has 0 aliphatic rings. The highest BCUT2D eigenvalue weighted by Gasteiger charge is 2.13. The van der Waals surface area contributed by atoms with Gasteiger partial charge in [0.05, 0.1) is 12.1 Å². The van der Waals surface area contributed by atoms with Gasteiger partial charge in [0.15, 0.2) is 0 Å². The lowest BCUT2D eigenvalue weighted by Gasteiger charge is -2.10. The molecule has 0 aliphatic heterocycles. The topological polar surface area (TPSA) is 75.1 Å². The van der Waals surface area contributed by atoms with Crippen LogP contribution in [-0.2, 0) is 13.0 Å². The van der Waals surface area contributed by atoms with E-state index in [1.54, 1.807) is 18.3 Å². The number of thiophene rings is 1. The number of rotatable bonds is 3. The van der Waals surface area contributed by atoms with Crippen molar-refractivity contribution < 1.29 is 5.11 Å². The Balaban J connectivity index is 2.55. The number of hydrogen-bond donors (Lipinski definition) is 2. The van der Waals surface area contributed by atoms with Crippen LogP contribution in [0.4, 0.5) is 0 Å². The number of H-pyrrole nitrogens is 1. The Morgan fingerprint density at radius 3 is 2.67 bits per heavy atom. The standard InChI is InChI=1S/C12H14N2O3S/c1-3-9-10(15)13-12(17)14(11(9)16)4-8-6-18-5-7(8)2/h5-6,16H,3-4H2,1-2H3,(H,13,15,17). The molecule has 2 aromatic rings. The minimum absolute atomic E-state index is 0.238. The van der Waals surface area contributed by atoms with Crippen molar-refractivity contribution in [2.24, 2.45) is 0 Å². The molecule has 2 aromatic heterocycles. The van der Waals surface area contributed by atoms with Crippen molar-refractivity contribution in [2.45, 2.75) is 26.8 Å². The van der Waals surface area contributed by atoms with E-state index < -0.39 is 11.2 Å². The van der Waals surface area contributed by atoms with E-state index in [0.717, 1.165) is 11.1 Å². The molecule has 0 saturated heterocycles. The molecule has 0 aromatic carbocycles. The van der Waals surface area contributed by atoms with Crippen molar-refractivity contribution in [1.29, 1.82) is 0 Å². The fourth-order valence-corrected chi connectivity index (χ4v) is 2.63. The van der Waals surface area contributed by atoms with Gasteiger partial charge in [0, 0.05) is 0 Å². The first kappa shape index (κ1) is 12.6. The summed E-state index contributed by atoms with van der Waals surface area (Å²) in [6.07, 6.45) is 0.379. The second-order valence-corrected chi connectivity index (χ2v) is 4.82. The molecule has 0 atom stereocenters. The van der Waals surface area contributed by atoms with E-state index >= 15 is 0 Å². The van der Waals surface area contributed by atoms with Crippen LogP contribution >= 0.6 is 11.3 Å². The summed E-state index contributed by atoms with van der Waals surface area (Å²) in [5.41, 5.74) is 1.17. The van der Waals surface area contributed by atoms with Gasteiger partial charge in [-0.15, -0.1) is 0 Å². The van der Waals surface area contributed by atoms with Gasteiger partial charge in [0.2, 0.25) is 5.88 Å². The zero-order valence-electron chi connectivity index (χ0n) is 10.2. The number of aromatic hydroxyl groups is 1. The number of aromatic nitrogens is 2. The summed E-state index contributed by atoms with van der Waals surface area (Å²) < 4.78 is 1.19. The predicted molar refractivity (Wildman–Crippen MR) is 70.5 cm³/mol. The molecule has 0 saturated carbocycles. The Morgan fingerprint density at radius 2 is 2.11 bits per heavy atom. The average molecular weight is 266 g/mol. The zero-order chi connectivity index (χ0) is 13.3. The summed E-state index contributed by atoms with van der Waals surface area (Å²) in [4.78, 5) is 25.4. The van der Waals surface area contributed by atoms with Crippen LogP contribution in [0.25, 0.3) is 0 Å². The molecular formula is C12H14N2O3S. The van der Waals surface area contributed by atoms with Crippen LogP contribution in [0.2, 0.25) is 0 Å². The molecule has 96 valence electrons. The molecule has 0 bridgehead atoms. The van der Waals surface area contributed by atoms with Gasteiger partial charge in [-0.3, -0.25) is 14.3 Å². The lowest BCUT2D eigenvalue weighted by Crippen LogP contribution is -2.32. The molecule has 0 unspecified atom stereocenters. The van der Waals surface area contributed by atoms with Gasteiger partial charge in [0.25, 0.3) is 5.56 Å². The van der Waals surface area contributed by atoms with E-state index in [0.29, 0.717) is 6.42 Å². The molecule has 2 N–H and O–H groups in total. The Bertz CT molecular complexity index is 681. The number of nitrogens with zero attached hydrogens (tertiary/aromatic N) is 1. The zero-order valence-corrected chi connectivity index (χ0v) is 11.0. The summed E-state index contributed by atoms with van der Waals surface area (Å²) in [6, 6.07) is 0. The normalized spacial score (nSPS) is 10.8. The fraction of sp³-hybridized carbons (Fsp3) is 0.333. The third-order valence-electron chi connectivity index (χ3n) is 2.91. The Hall–Kier alpha value is -1.82. The molecule has 5 nitrogen and oxygen atoms in total. The summed E-state index contributed by atoms with van der Waals surface area (Å²) in [5, 5.41) is 13.9. The van der Waals surface area contributed by atoms with E-state index in [9.17, 15) is 14.7 Å². The molecule has 2 heterocycles. The molecule has 2 rings (SSSR count). The quantitative estimate of drug-likeness (QED) is 0.877. The predicted octanol–water partition coefficient (Wildman–Crippen LogP) is 1.22. The van der Waals surface area contributed by atoms with Crippen LogP contribution in [0, 0.1) is 6.92 Å². The molecule has 18 heavy (non-hydrogen) atoms. The number of nitrogens with one attached hydrogen (secondary N) is 1. The van der Waals surface area contributed by atoms with E-state index in [1.165, 1.54) is 4.57 Å². The summed E-state index contributed by atoms with van der Waals surface area (Å²) in [7, 11) is 0. The van der Waals surface area contributed by atoms with Gasteiger partial charge in [-0.1, -0.05) is 6.92 Å². The second-order valence-electron chi connectivity index (χ2n) is 4.08. The number of aryl methyl sites for hydroxylation is 1. The smallest absolute Gasteiger partial charge is 0.331 e. The van der Waals surface area contributed by atoms with Gasteiger partial charge in [-0.25, -0.2) is 4.79 Å². The van der Waals surface area contributed by atoms with Crippen LogP contribution in [0.15, 0.2) is 20.3 Å². The van der Waals surface area contributed by atoms with Crippen molar-refractivity contribution in [2.75, 3.05) is 0 Å².